The summed E-state index contributed by atoms with van der Waals surface area (Å²) in [4.78, 5) is 30.3. The highest BCUT2D eigenvalue weighted by atomic mass is 16.6. The van der Waals surface area contributed by atoms with E-state index in [0.717, 1.165) is 30.9 Å². The molecule has 6 atom stereocenters. The van der Waals surface area contributed by atoms with Gasteiger partial charge in [0.2, 0.25) is 5.91 Å². The van der Waals surface area contributed by atoms with Gasteiger partial charge in [0, 0.05) is 54.6 Å². The molecular weight excluding hydrogens is 470 g/mol. The van der Waals surface area contributed by atoms with Crippen molar-refractivity contribution in [1.29, 1.82) is 0 Å². The van der Waals surface area contributed by atoms with Crippen LogP contribution in [0.1, 0.15) is 53.0 Å². The van der Waals surface area contributed by atoms with Crippen molar-refractivity contribution in [3.05, 3.63) is 35.9 Å². The third-order valence-corrected chi connectivity index (χ3v) is 9.43. The first-order valence-corrected chi connectivity index (χ1v) is 13.4. The van der Waals surface area contributed by atoms with Crippen molar-refractivity contribution < 1.29 is 24.2 Å². The first-order chi connectivity index (χ1) is 17.4. The number of benzene rings is 1. The molecule has 3 heterocycles. The van der Waals surface area contributed by atoms with Gasteiger partial charge in [-0.2, -0.15) is 0 Å². The molecule has 4 aliphatic rings. The summed E-state index contributed by atoms with van der Waals surface area (Å²) in [6.45, 7) is 10.7. The van der Waals surface area contributed by atoms with Gasteiger partial charge >= 0.3 is 5.97 Å². The maximum Gasteiger partial charge on any atom is 0.303 e. The van der Waals surface area contributed by atoms with E-state index >= 15 is 0 Å². The van der Waals surface area contributed by atoms with E-state index in [1.165, 1.54) is 12.5 Å². The van der Waals surface area contributed by atoms with Gasteiger partial charge in [0.1, 0.15) is 17.5 Å². The average molecular weight is 512 g/mol. The fourth-order valence-electron chi connectivity index (χ4n) is 8.13. The minimum atomic E-state index is -1.56. The van der Waals surface area contributed by atoms with E-state index in [4.69, 9.17) is 9.47 Å². The number of anilines is 1. The smallest absolute Gasteiger partial charge is 0.303 e. The normalized spacial score (nSPS) is 36.0. The van der Waals surface area contributed by atoms with Gasteiger partial charge in [-0.05, 0) is 31.0 Å². The number of methoxy groups -OCH3 is 1. The largest absolute Gasteiger partial charge is 0.497 e. The zero-order valence-electron chi connectivity index (χ0n) is 23.1. The molecule has 1 saturated heterocycles. The Labute approximate surface area is 220 Å². The third kappa shape index (κ3) is 3.41. The molecule has 1 saturated carbocycles. The summed E-state index contributed by atoms with van der Waals surface area (Å²) in [5.41, 5.74) is -1.04. The van der Waals surface area contributed by atoms with Crippen LogP contribution in [0, 0.1) is 10.8 Å². The second kappa shape index (κ2) is 8.46. The number of likely N-dealkylation sites (N-methyl/N-ethyl adjacent to an activating group) is 1. The van der Waals surface area contributed by atoms with E-state index in [1.54, 1.807) is 7.11 Å². The minimum Gasteiger partial charge on any atom is -0.497 e. The number of carbonyl (C=O) groups is 2. The van der Waals surface area contributed by atoms with Crippen molar-refractivity contribution in [2.24, 2.45) is 10.8 Å². The maximum absolute atomic E-state index is 13.1. The first-order valence-electron chi connectivity index (χ1n) is 13.4. The summed E-state index contributed by atoms with van der Waals surface area (Å²) >= 11 is 0. The van der Waals surface area contributed by atoms with Crippen LogP contribution >= 0.6 is 0 Å². The quantitative estimate of drug-likeness (QED) is 0.464. The lowest BCUT2D eigenvalue weighted by atomic mass is 9.47. The number of carbonyl (C=O) groups excluding carboxylic acids is 2. The lowest BCUT2D eigenvalue weighted by molar-refractivity contribution is -0.217. The number of aliphatic hydroxyl groups is 1. The van der Waals surface area contributed by atoms with Gasteiger partial charge in [0.15, 0.2) is 0 Å². The van der Waals surface area contributed by atoms with E-state index < -0.39 is 40.0 Å². The Morgan fingerprint density at radius 3 is 2.59 bits per heavy atom. The molecule has 8 nitrogen and oxygen atoms in total. The zero-order chi connectivity index (χ0) is 27.0. The molecule has 0 aromatic heterocycles. The van der Waals surface area contributed by atoms with Crippen LogP contribution in [0.15, 0.2) is 30.4 Å². The van der Waals surface area contributed by atoms with E-state index in [0.29, 0.717) is 6.42 Å². The molecule has 2 N–H and O–H groups in total. The van der Waals surface area contributed by atoms with Crippen molar-refractivity contribution in [3.63, 3.8) is 0 Å². The number of fused-ring (bicyclic) bond motifs is 1. The Hall–Kier alpha value is -2.58. The van der Waals surface area contributed by atoms with Crippen LogP contribution in [0.3, 0.4) is 0 Å². The Kier molecular flexibility index (Phi) is 5.96. The van der Waals surface area contributed by atoms with Crippen molar-refractivity contribution in [2.45, 2.75) is 76.7 Å². The number of amides is 1. The summed E-state index contributed by atoms with van der Waals surface area (Å²) in [6.07, 6.45) is 5.03. The summed E-state index contributed by atoms with van der Waals surface area (Å²) in [5.74, 6) is 0.160. The summed E-state index contributed by atoms with van der Waals surface area (Å²) in [5, 5.41) is 16.0. The number of hydrogen-bond donors (Lipinski definition) is 2. The molecular formula is C29H41N3O5. The second-order valence-electron chi connectivity index (χ2n) is 12.4. The van der Waals surface area contributed by atoms with Crippen LogP contribution in [0.5, 0.6) is 5.75 Å². The predicted molar refractivity (Wildman–Crippen MR) is 142 cm³/mol. The topological polar surface area (TPSA) is 91.3 Å². The highest BCUT2D eigenvalue weighted by Crippen LogP contribution is 2.67. The zero-order valence-corrected chi connectivity index (χ0v) is 23.1. The number of nitrogens with one attached hydrogen (secondary N) is 1. The predicted octanol–water partition coefficient (Wildman–Crippen LogP) is 2.63. The summed E-state index contributed by atoms with van der Waals surface area (Å²) in [7, 11) is 3.65. The van der Waals surface area contributed by atoms with Crippen molar-refractivity contribution in [2.75, 3.05) is 38.7 Å². The van der Waals surface area contributed by atoms with Crippen molar-refractivity contribution >= 4 is 17.6 Å². The van der Waals surface area contributed by atoms with Crippen LogP contribution in [0.25, 0.3) is 0 Å². The molecule has 5 rings (SSSR count). The van der Waals surface area contributed by atoms with Crippen LogP contribution < -0.4 is 15.0 Å². The molecule has 3 aliphatic heterocycles. The molecule has 37 heavy (non-hydrogen) atoms. The average Bonchev–Trinajstić information content (AvgIpc) is 3.36. The second-order valence-corrected chi connectivity index (χ2v) is 12.4. The molecule has 0 bridgehead atoms. The molecule has 1 unspecified atom stereocenters. The SMILES string of the molecule is CC[C@]12C=CCN3CC[C@@]4(c5ccc(OC)cc5N(C)[C@H]4[C@@](O)(CNC(=O)C(C)(C)C)[C@@H]1OC(C)=O)C32. The Morgan fingerprint density at radius 2 is 1.97 bits per heavy atom. The monoisotopic (exact) mass is 511 g/mol. The lowest BCUT2D eigenvalue weighted by Gasteiger charge is -2.64. The van der Waals surface area contributed by atoms with Gasteiger partial charge in [0.05, 0.1) is 19.7 Å². The minimum absolute atomic E-state index is 0.0226. The van der Waals surface area contributed by atoms with Crippen molar-refractivity contribution in [3.8, 4) is 5.75 Å². The van der Waals surface area contributed by atoms with Gasteiger partial charge in [-0.3, -0.25) is 14.5 Å². The summed E-state index contributed by atoms with van der Waals surface area (Å²) in [6, 6.07) is 5.78. The number of rotatable bonds is 5. The maximum atomic E-state index is 13.1. The molecule has 1 aliphatic carbocycles. The molecule has 1 aromatic rings. The number of esters is 1. The van der Waals surface area contributed by atoms with Gasteiger partial charge in [-0.15, -0.1) is 0 Å². The Bertz CT molecular complexity index is 1140. The van der Waals surface area contributed by atoms with E-state index in [1.807, 2.05) is 40.0 Å². The Balaban J connectivity index is 1.76. The van der Waals surface area contributed by atoms with Gasteiger partial charge in [-0.1, -0.05) is 45.9 Å². The number of hydrogen-bond acceptors (Lipinski definition) is 7. The van der Waals surface area contributed by atoms with E-state index in [-0.39, 0.29) is 18.5 Å². The van der Waals surface area contributed by atoms with E-state index in [9.17, 15) is 14.7 Å². The molecule has 202 valence electrons. The van der Waals surface area contributed by atoms with Crippen LogP contribution in [-0.2, 0) is 19.7 Å². The Morgan fingerprint density at radius 1 is 1.24 bits per heavy atom. The standard InChI is InChI=1S/C29H41N3O5/c1-8-27-12-9-14-32-15-13-28(22(27)32)20-11-10-19(36-7)16-21(20)31(6)23(28)29(35,24(27)37-18(2)33)17-30-25(34)26(3,4)5/h9-12,16,22-24,35H,8,13-15,17H2,1-7H3,(H,30,34)/t22?,23-,24-,27-,28-,29+/m1/s1. The molecule has 1 aromatic carbocycles. The molecule has 0 radical (unpaired) electrons. The van der Waals surface area contributed by atoms with Crippen LogP contribution in [-0.4, -0.2) is 79.5 Å². The fourth-order valence-corrected chi connectivity index (χ4v) is 8.13. The third-order valence-electron chi connectivity index (χ3n) is 9.43. The van der Waals surface area contributed by atoms with Gasteiger partial charge in [-0.25, -0.2) is 0 Å². The van der Waals surface area contributed by atoms with E-state index in [2.05, 4.69) is 40.3 Å². The van der Waals surface area contributed by atoms with Gasteiger partial charge in [0.25, 0.3) is 0 Å². The molecule has 1 amide bonds. The lowest BCUT2D eigenvalue weighted by Crippen LogP contribution is -2.81. The number of ether oxygens (including phenoxy) is 2. The number of nitrogens with zero attached hydrogens (tertiary/aromatic N) is 2. The highest BCUT2D eigenvalue weighted by molar-refractivity contribution is 5.81. The first kappa shape index (κ1) is 26.0. The highest BCUT2D eigenvalue weighted by Gasteiger charge is 2.77. The fraction of sp³-hybridized carbons (Fsp3) is 0.655. The molecule has 8 heteroatoms. The molecule has 1 spiro atoms. The van der Waals surface area contributed by atoms with Gasteiger partial charge < -0.3 is 24.8 Å². The van der Waals surface area contributed by atoms with Crippen LogP contribution in [0.2, 0.25) is 0 Å². The van der Waals surface area contributed by atoms with Crippen molar-refractivity contribution in [1.82, 2.24) is 10.2 Å². The van der Waals surface area contributed by atoms with Crippen LogP contribution in [0.4, 0.5) is 5.69 Å². The molecule has 2 fully saturated rings. The summed E-state index contributed by atoms with van der Waals surface area (Å²) < 4.78 is 11.7.